The van der Waals surface area contributed by atoms with Crippen LogP contribution in [0.15, 0.2) is 18.2 Å². The van der Waals surface area contributed by atoms with Gasteiger partial charge in [-0.05, 0) is 31.5 Å². The molecule has 2 aliphatic rings. The van der Waals surface area contributed by atoms with E-state index in [1.165, 1.54) is 0 Å². The molecule has 1 aromatic rings. The summed E-state index contributed by atoms with van der Waals surface area (Å²) in [6.07, 6.45) is 2.25. The molecular weight excluding hydrogens is 254 g/mol. The molecule has 0 radical (unpaired) electrons. The molecule has 5 nitrogen and oxygen atoms in total. The van der Waals surface area contributed by atoms with E-state index in [0.29, 0.717) is 17.0 Å². The monoisotopic (exact) mass is 275 g/mol. The first-order chi connectivity index (χ1) is 9.63. The maximum atomic E-state index is 12.6. The minimum atomic E-state index is 0.0360. The van der Waals surface area contributed by atoms with Crippen LogP contribution in [0.4, 0.5) is 5.69 Å². The van der Waals surface area contributed by atoms with E-state index in [0.717, 1.165) is 39.0 Å². The Kier molecular flexibility index (Phi) is 3.30. The molecule has 2 heterocycles. The second kappa shape index (κ2) is 4.98. The Morgan fingerprint density at radius 1 is 1.45 bits per heavy atom. The number of anilines is 1. The molecule has 3 rings (SSSR count). The number of methoxy groups -OCH3 is 1. The predicted octanol–water partition coefficient (Wildman–Crippen LogP) is 1.10. The molecule has 3 N–H and O–H groups in total. The number of carbonyl (C=O) groups is 1. The van der Waals surface area contributed by atoms with E-state index in [1.54, 1.807) is 25.3 Å². The molecule has 2 fully saturated rings. The Morgan fingerprint density at radius 2 is 2.30 bits per heavy atom. The minimum Gasteiger partial charge on any atom is -0.497 e. The molecule has 0 saturated carbocycles. The van der Waals surface area contributed by atoms with E-state index in [-0.39, 0.29) is 11.3 Å². The van der Waals surface area contributed by atoms with E-state index in [9.17, 15) is 4.79 Å². The predicted molar refractivity (Wildman–Crippen MR) is 77.8 cm³/mol. The number of hydrogen-bond donors (Lipinski definition) is 2. The topological polar surface area (TPSA) is 67.6 Å². The van der Waals surface area contributed by atoms with Crippen LogP contribution in [0.2, 0.25) is 0 Å². The minimum absolute atomic E-state index is 0.0360. The zero-order chi connectivity index (χ0) is 14.2. The summed E-state index contributed by atoms with van der Waals surface area (Å²) in [7, 11) is 1.59. The van der Waals surface area contributed by atoms with Gasteiger partial charge >= 0.3 is 0 Å². The molecule has 0 aliphatic carbocycles. The highest BCUT2D eigenvalue weighted by Gasteiger charge is 2.42. The number of likely N-dealkylation sites (tertiary alicyclic amines) is 1. The van der Waals surface area contributed by atoms with Gasteiger partial charge in [-0.15, -0.1) is 0 Å². The number of carbonyl (C=O) groups excluding carboxylic acids is 1. The van der Waals surface area contributed by atoms with Crippen molar-refractivity contribution < 1.29 is 9.53 Å². The number of benzene rings is 1. The maximum absolute atomic E-state index is 12.6. The summed E-state index contributed by atoms with van der Waals surface area (Å²) in [5, 5.41) is 3.40. The molecule has 2 saturated heterocycles. The zero-order valence-electron chi connectivity index (χ0n) is 11.8. The quantitative estimate of drug-likeness (QED) is 0.793. The zero-order valence-corrected chi connectivity index (χ0v) is 11.8. The highest BCUT2D eigenvalue weighted by atomic mass is 16.5. The molecule has 1 aromatic carbocycles. The smallest absolute Gasteiger partial charge is 0.255 e. The number of rotatable bonds is 2. The van der Waals surface area contributed by atoms with Crippen molar-refractivity contribution in [2.24, 2.45) is 5.41 Å². The summed E-state index contributed by atoms with van der Waals surface area (Å²) in [6.45, 7) is 3.75. The number of hydrogen-bond acceptors (Lipinski definition) is 4. The summed E-state index contributed by atoms with van der Waals surface area (Å²) in [5.74, 6) is 0.714. The van der Waals surface area contributed by atoms with Gasteiger partial charge in [0.15, 0.2) is 0 Å². The second-order valence-corrected chi connectivity index (χ2v) is 5.86. The third-order valence-corrected chi connectivity index (χ3v) is 4.55. The fourth-order valence-corrected chi connectivity index (χ4v) is 3.29. The van der Waals surface area contributed by atoms with Crippen LogP contribution in [0.1, 0.15) is 23.2 Å². The third kappa shape index (κ3) is 2.22. The average molecular weight is 275 g/mol. The van der Waals surface area contributed by atoms with Gasteiger partial charge in [0.05, 0.1) is 12.7 Å². The van der Waals surface area contributed by atoms with Crippen LogP contribution < -0.4 is 15.8 Å². The summed E-state index contributed by atoms with van der Waals surface area (Å²) in [4.78, 5) is 14.5. The summed E-state index contributed by atoms with van der Waals surface area (Å²) < 4.78 is 5.12. The normalized spacial score (nSPS) is 25.4. The Labute approximate surface area is 119 Å². The third-order valence-electron chi connectivity index (χ3n) is 4.55. The number of nitrogens with zero attached hydrogens (tertiary/aromatic N) is 1. The standard InChI is InChI=1S/C15H21N3O2/c1-20-11-2-3-12(13(16)8-11)14(19)18-7-5-15(10-18)4-6-17-9-15/h2-3,8,17H,4-7,9-10,16H2,1H3. The van der Waals surface area contributed by atoms with Gasteiger partial charge in [0, 0.05) is 36.8 Å². The van der Waals surface area contributed by atoms with E-state index >= 15 is 0 Å². The van der Waals surface area contributed by atoms with Gasteiger partial charge in [0.1, 0.15) is 5.75 Å². The first-order valence-electron chi connectivity index (χ1n) is 7.07. The van der Waals surface area contributed by atoms with Gasteiger partial charge in [-0.1, -0.05) is 0 Å². The summed E-state index contributed by atoms with van der Waals surface area (Å²) in [5.41, 5.74) is 7.32. The maximum Gasteiger partial charge on any atom is 0.255 e. The van der Waals surface area contributed by atoms with Crippen LogP contribution in [0, 0.1) is 5.41 Å². The van der Waals surface area contributed by atoms with Crippen molar-refractivity contribution in [1.82, 2.24) is 10.2 Å². The number of nitrogens with two attached hydrogens (primary N) is 1. The molecule has 5 heteroatoms. The van der Waals surface area contributed by atoms with Crippen LogP contribution in [0.3, 0.4) is 0 Å². The fraction of sp³-hybridized carbons (Fsp3) is 0.533. The van der Waals surface area contributed by atoms with E-state index < -0.39 is 0 Å². The number of nitrogens with one attached hydrogen (secondary N) is 1. The average Bonchev–Trinajstić information content (AvgIpc) is 3.09. The van der Waals surface area contributed by atoms with E-state index in [1.807, 2.05) is 4.90 Å². The first-order valence-corrected chi connectivity index (χ1v) is 7.07. The van der Waals surface area contributed by atoms with Crippen molar-refractivity contribution in [2.45, 2.75) is 12.8 Å². The van der Waals surface area contributed by atoms with Gasteiger partial charge in [-0.2, -0.15) is 0 Å². The second-order valence-electron chi connectivity index (χ2n) is 5.86. The molecule has 0 bridgehead atoms. The lowest BCUT2D eigenvalue weighted by atomic mass is 9.86. The van der Waals surface area contributed by atoms with Crippen molar-refractivity contribution in [3.05, 3.63) is 23.8 Å². The Morgan fingerprint density at radius 3 is 2.95 bits per heavy atom. The highest BCUT2D eigenvalue weighted by molar-refractivity contribution is 5.99. The van der Waals surface area contributed by atoms with Crippen LogP contribution >= 0.6 is 0 Å². The highest BCUT2D eigenvalue weighted by Crippen LogP contribution is 2.37. The van der Waals surface area contributed by atoms with Crippen LogP contribution in [-0.4, -0.2) is 44.1 Å². The Bertz CT molecular complexity index is 524. The lowest BCUT2D eigenvalue weighted by Gasteiger charge is -2.23. The van der Waals surface area contributed by atoms with Gasteiger partial charge in [0.2, 0.25) is 0 Å². The van der Waals surface area contributed by atoms with E-state index in [2.05, 4.69) is 5.32 Å². The van der Waals surface area contributed by atoms with Crippen LogP contribution in [0.25, 0.3) is 0 Å². The molecule has 1 spiro atoms. The molecular formula is C15H21N3O2. The molecule has 0 aromatic heterocycles. The largest absolute Gasteiger partial charge is 0.497 e. The number of nitrogen functional groups attached to an aromatic ring is 1. The molecule has 2 aliphatic heterocycles. The van der Waals surface area contributed by atoms with Gasteiger partial charge in [0.25, 0.3) is 5.91 Å². The summed E-state index contributed by atoms with van der Waals surface area (Å²) >= 11 is 0. The van der Waals surface area contributed by atoms with Crippen LogP contribution in [0.5, 0.6) is 5.75 Å². The Balaban J connectivity index is 1.76. The van der Waals surface area contributed by atoms with Crippen molar-refractivity contribution >= 4 is 11.6 Å². The molecule has 1 unspecified atom stereocenters. The van der Waals surface area contributed by atoms with Gasteiger partial charge in [-0.25, -0.2) is 0 Å². The molecule has 1 atom stereocenters. The lowest BCUT2D eigenvalue weighted by Crippen LogP contribution is -2.33. The summed E-state index contributed by atoms with van der Waals surface area (Å²) in [6, 6.07) is 5.25. The Hall–Kier alpha value is -1.75. The van der Waals surface area contributed by atoms with Gasteiger partial charge in [-0.3, -0.25) is 4.79 Å². The SMILES string of the molecule is COc1ccc(C(=O)N2CCC3(CCNC3)C2)c(N)c1. The van der Waals surface area contributed by atoms with Crippen molar-refractivity contribution in [1.29, 1.82) is 0 Å². The molecule has 20 heavy (non-hydrogen) atoms. The van der Waals surface area contributed by atoms with Crippen molar-refractivity contribution in [3.63, 3.8) is 0 Å². The number of amides is 1. The van der Waals surface area contributed by atoms with E-state index in [4.69, 9.17) is 10.5 Å². The fourth-order valence-electron chi connectivity index (χ4n) is 3.29. The lowest BCUT2D eigenvalue weighted by molar-refractivity contribution is 0.0777. The first kappa shape index (κ1) is 13.2. The van der Waals surface area contributed by atoms with Crippen molar-refractivity contribution in [3.8, 4) is 5.75 Å². The van der Waals surface area contributed by atoms with Crippen molar-refractivity contribution in [2.75, 3.05) is 39.0 Å². The number of ether oxygens (including phenoxy) is 1. The van der Waals surface area contributed by atoms with Crippen LogP contribution in [-0.2, 0) is 0 Å². The van der Waals surface area contributed by atoms with Gasteiger partial charge < -0.3 is 20.7 Å². The molecule has 108 valence electrons. The molecule has 1 amide bonds.